The number of thiazole rings is 1. The minimum absolute atomic E-state index is 0.0711. The van der Waals surface area contributed by atoms with E-state index in [4.69, 9.17) is 17.5 Å². The highest BCUT2D eigenvalue weighted by molar-refractivity contribution is 7.99. The zero-order valence-electron chi connectivity index (χ0n) is 15.1. The van der Waals surface area contributed by atoms with Crippen molar-refractivity contribution in [1.82, 2.24) is 14.1 Å². The third-order valence-corrected chi connectivity index (χ3v) is 6.45. The first-order valence-corrected chi connectivity index (χ1v) is 10.7. The van der Waals surface area contributed by atoms with E-state index in [-0.39, 0.29) is 16.6 Å². The molecule has 4 rings (SSSR count). The van der Waals surface area contributed by atoms with Gasteiger partial charge in [0.15, 0.2) is 14.8 Å². The maximum Gasteiger partial charge on any atom is 0.278 e. The number of halogens is 1. The lowest BCUT2D eigenvalue weighted by Gasteiger charge is -2.13. The molecule has 9 heteroatoms. The zero-order chi connectivity index (χ0) is 20.5. The summed E-state index contributed by atoms with van der Waals surface area (Å²) in [5.74, 6) is -0.474. The first-order chi connectivity index (χ1) is 14.0. The summed E-state index contributed by atoms with van der Waals surface area (Å²) in [5.41, 5.74) is 1.90. The highest BCUT2D eigenvalue weighted by atomic mass is 32.2. The third-order valence-electron chi connectivity index (χ3n) is 4.29. The topological polar surface area (TPSA) is 63.6 Å². The molecule has 0 fully saturated rings. The van der Waals surface area contributed by atoms with Crippen molar-refractivity contribution in [3.05, 3.63) is 74.2 Å². The van der Waals surface area contributed by atoms with Gasteiger partial charge in [-0.25, -0.2) is 9.37 Å². The number of nitrogens with zero attached hydrogens (tertiary/aromatic N) is 4. The second kappa shape index (κ2) is 7.91. The van der Waals surface area contributed by atoms with Crippen LogP contribution in [-0.2, 0) is 0 Å². The number of thioether (sulfide) groups is 1. The van der Waals surface area contributed by atoms with Gasteiger partial charge < -0.3 is 0 Å². The normalized spacial score (nSPS) is 10.9. The first-order valence-electron chi connectivity index (χ1n) is 8.52. The van der Waals surface area contributed by atoms with Gasteiger partial charge in [0.05, 0.1) is 23.2 Å². The van der Waals surface area contributed by atoms with Crippen LogP contribution in [0.2, 0.25) is 0 Å². The molecule has 2 aromatic heterocycles. The summed E-state index contributed by atoms with van der Waals surface area (Å²) >= 11 is 7.75. The van der Waals surface area contributed by atoms with Crippen molar-refractivity contribution >= 4 is 45.7 Å². The average molecular weight is 441 g/mol. The SMILES string of the molecule is Cc1ccccc1-n1c(=S)sc2c(=O)n(-c3ccccc3F)c(SCC#N)nc21. The molecule has 2 heterocycles. The Labute approximate surface area is 178 Å². The first kappa shape index (κ1) is 19.5. The molecule has 0 saturated carbocycles. The van der Waals surface area contributed by atoms with E-state index < -0.39 is 11.4 Å². The monoisotopic (exact) mass is 440 g/mol. The molecule has 144 valence electrons. The Morgan fingerprint density at radius 2 is 1.86 bits per heavy atom. The van der Waals surface area contributed by atoms with Gasteiger partial charge in [-0.2, -0.15) is 5.26 Å². The fourth-order valence-corrected chi connectivity index (χ4v) is 4.95. The number of para-hydroxylation sites is 2. The van der Waals surface area contributed by atoms with Crippen LogP contribution in [0.1, 0.15) is 5.56 Å². The highest BCUT2D eigenvalue weighted by Gasteiger charge is 2.20. The summed E-state index contributed by atoms with van der Waals surface area (Å²) in [6.45, 7) is 1.95. The van der Waals surface area contributed by atoms with Gasteiger partial charge in [-0.15, -0.1) is 0 Å². The smallest absolute Gasteiger partial charge is 0.275 e. The molecule has 4 aromatic rings. The Balaban J connectivity index is 2.10. The quantitative estimate of drug-likeness (QED) is 0.253. The predicted molar refractivity (Wildman–Crippen MR) is 116 cm³/mol. The molecule has 29 heavy (non-hydrogen) atoms. The van der Waals surface area contributed by atoms with Crippen molar-refractivity contribution in [3.8, 4) is 17.4 Å². The van der Waals surface area contributed by atoms with Crippen LogP contribution < -0.4 is 5.56 Å². The number of aromatic nitrogens is 3. The predicted octanol–water partition coefficient (Wildman–Crippen LogP) is 5.03. The van der Waals surface area contributed by atoms with Gasteiger partial charge in [-0.3, -0.25) is 13.9 Å². The van der Waals surface area contributed by atoms with E-state index in [9.17, 15) is 9.18 Å². The lowest BCUT2D eigenvalue weighted by Crippen LogP contribution is -2.22. The van der Waals surface area contributed by atoms with E-state index in [0.717, 1.165) is 34.3 Å². The van der Waals surface area contributed by atoms with E-state index in [1.165, 1.54) is 16.7 Å². The van der Waals surface area contributed by atoms with Crippen LogP contribution in [0.4, 0.5) is 4.39 Å². The number of hydrogen-bond donors (Lipinski definition) is 0. The van der Waals surface area contributed by atoms with E-state index in [2.05, 4.69) is 4.98 Å². The molecule has 0 aliphatic carbocycles. The minimum Gasteiger partial charge on any atom is -0.275 e. The molecule has 0 amide bonds. The van der Waals surface area contributed by atoms with Crippen LogP contribution in [0.25, 0.3) is 21.7 Å². The molecule has 0 bridgehead atoms. The number of nitriles is 1. The van der Waals surface area contributed by atoms with Crippen LogP contribution in [0.3, 0.4) is 0 Å². The molecule has 0 saturated heterocycles. The highest BCUT2D eigenvalue weighted by Crippen LogP contribution is 2.28. The maximum absolute atomic E-state index is 14.5. The minimum atomic E-state index is -0.545. The fourth-order valence-electron chi connectivity index (χ4n) is 3.00. The summed E-state index contributed by atoms with van der Waals surface area (Å²) in [6.07, 6.45) is 0. The molecule has 0 radical (unpaired) electrons. The number of hydrogen-bond acceptors (Lipinski definition) is 6. The van der Waals surface area contributed by atoms with Gasteiger partial charge in [0.2, 0.25) is 0 Å². The Hall–Kier alpha value is -2.80. The van der Waals surface area contributed by atoms with Crippen LogP contribution in [0, 0.1) is 28.0 Å². The van der Waals surface area contributed by atoms with E-state index in [1.807, 2.05) is 37.3 Å². The third kappa shape index (κ3) is 3.40. The summed E-state index contributed by atoms with van der Waals surface area (Å²) in [5, 5.41) is 9.26. The van der Waals surface area contributed by atoms with E-state index in [1.54, 1.807) is 16.7 Å². The summed E-state index contributed by atoms with van der Waals surface area (Å²) in [7, 11) is 0. The fraction of sp³-hybridized carbons (Fsp3) is 0.100. The van der Waals surface area contributed by atoms with Gasteiger partial charge in [0.25, 0.3) is 5.56 Å². The van der Waals surface area contributed by atoms with Crippen LogP contribution in [0.5, 0.6) is 0 Å². The molecule has 0 spiro atoms. The average Bonchev–Trinajstić information content (AvgIpc) is 3.04. The summed E-state index contributed by atoms with van der Waals surface area (Å²) in [6, 6.07) is 15.7. The molecule has 0 unspecified atom stereocenters. The van der Waals surface area contributed by atoms with E-state index >= 15 is 0 Å². The lowest BCUT2D eigenvalue weighted by atomic mass is 10.2. The van der Waals surface area contributed by atoms with Crippen LogP contribution in [-0.4, -0.2) is 19.9 Å². The van der Waals surface area contributed by atoms with Crippen molar-refractivity contribution < 1.29 is 4.39 Å². The summed E-state index contributed by atoms with van der Waals surface area (Å²) in [4.78, 5) is 18.0. The Morgan fingerprint density at radius 1 is 1.17 bits per heavy atom. The number of benzene rings is 2. The van der Waals surface area contributed by atoms with Crippen molar-refractivity contribution in [2.24, 2.45) is 0 Å². The second-order valence-corrected chi connectivity index (χ2v) is 8.66. The largest absolute Gasteiger partial charge is 0.278 e. The van der Waals surface area contributed by atoms with Gasteiger partial charge in [0, 0.05) is 0 Å². The van der Waals surface area contributed by atoms with Crippen LogP contribution >= 0.6 is 35.3 Å². The summed E-state index contributed by atoms with van der Waals surface area (Å²) < 4.78 is 18.3. The van der Waals surface area contributed by atoms with Crippen LogP contribution in [0.15, 0.2) is 58.5 Å². The van der Waals surface area contributed by atoms with Gasteiger partial charge in [-0.05, 0) is 42.9 Å². The Kier molecular flexibility index (Phi) is 5.32. The molecule has 5 nitrogen and oxygen atoms in total. The van der Waals surface area contributed by atoms with Gasteiger partial charge in [-0.1, -0.05) is 53.4 Å². The standard InChI is InChI=1S/C20H13FN4OS3/c1-12-6-2-4-8-14(12)24-17-16(29-20(24)27)18(26)25(19(23-17)28-11-10-22)15-9-5-3-7-13(15)21/h2-9H,11H2,1H3. The van der Waals surface area contributed by atoms with Crippen molar-refractivity contribution in [2.45, 2.75) is 12.1 Å². The van der Waals surface area contributed by atoms with Crippen molar-refractivity contribution in [3.63, 3.8) is 0 Å². The maximum atomic E-state index is 14.5. The lowest BCUT2D eigenvalue weighted by molar-refractivity contribution is 0.608. The van der Waals surface area contributed by atoms with E-state index in [0.29, 0.717) is 14.3 Å². The second-order valence-electron chi connectivity index (χ2n) is 6.08. The van der Waals surface area contributed by atoms with Gasteiger partial charge >= 0.3 is 0 Å². The molecule has 0 aliphatic heterocycles. The molecule has 0 atom stereocenters. The number of rotatable bonds is 4. The molecule has 2 aromatic carbocycles. The Morgan fingerprint density at radius 3 is 2.55 bits per heavy atom. The van der Waals surface area contributed by atoms with Gasteiger partial charge in [0.1, 0.15) is 10.5 Å². The molecular weight excluding hydrogens is 427 g/mol. The van der Waals surface area contributed by atoms with Crippen molar-refractivity contribution in [1.29, 1.82) is 5.26 Å². The molecule has 0 aliphatic rings. The zero-order valence-corrected chi connectivity index (χ0v) is 17.6. The Bertz CT molecular complexity index is 1400. The number of fused-ring (bicyclic) bond motifs is 1. The molecular formula is C20H13FN4OS3. The molecule has 0 N–H and O–H groups in total. The van der Waals surface area contributed by atoms with Crippen molar-refractivity contribution in [2.75, 3.05) is 5.75 Å². The number of aryl methyl sites for hydroxylation is 1.